The molecule has 108 valence electrons. The number of pyridine rings is 1. The molecule has 0 aliphatic rings. The third-order valence-electron chi connectivity index (χ3n) is 3.43. The number of nitriles is 1. The molecule has 3 rings (SSSR count). The van der Waals surface area contributed by atoms with E-state index in [0.29, 0.717) is 5.56 Å². The van der Waals surface area contributed by atoms with Gasteiger partial charge in [-0.3, -0.25) is 0 Å². The molecule has 2 aromatic carbocycles. The van der Waals surface area contributed by atoms with Crippen LogP contribution in [0.4, 0.5) is 11.5 Å². The Labute approximate surface area is 129 Å². The summed E-state index contributed by atoms with van der Waals surface area (Å²) >= 11 is 0. The smallest absolute Gasteiger partial charge is 0.126 e. The Bertz CT molecular complexity index is 798. The maximum Gasteiger partial charge on any atom is 0.126 e. The highest BCUT2D eigenvalue weighted by Gasteiger charge is 1.99. The van der Waals surface area contributed by atoms with Gasteiger partial charge in [0.1, 0.15) is 11.9 Å². The van der Waals surface area contributed by atoms with E-state index in [1.165, 1.54) is 10.8 Å². The summed E-state index contributed by atoms with van der Waals surface area (Å²) in [5, 5.41) is 17.9. The van der Waals surface area contributed by atoms with E-state index in [1.807, 2.05) is 18.2 Å². The molecule has 0 aliphatic carbocycles. The minimum absolute atomic E-state index is 0.569. The second kappa shape index (κ2) is 6.59. The fraction of sp³-hybridized carbons (Fsp3) is 0.111. The monoisotopic (exact) mass is 288 g/mol. The van der Waals surface area contributed by atoms with Crippen LogP contribution in [-0.2, 0) is 0 Å². The van der Waals surface area contributed by atoms with Crippen LogP contribution in [0.2, 0.25) is 0 Å². The average Bonchev–Trinajstić information content (AvgIpc) is 2.59. The van der Waals surface area contributed by atoms with Gasteiger partial charge in [0, 0.05) is 30.4 Å². The van der Waals surface area contributed by atoms with Crippen molar-refractivity contribution in [1.29, 1.82) is 5.26 Å². The van der Waals surface area contributed by atoms with Crippen molar-refractivity contribution >= 4 is 22.3 Å². The summed E-state index contributed by atoms with van der Waals surface area (Å²) in [6, 6.07) is 20.2. The van der Waals surface area contributed by atoms with Crippen LogP contribution in [0.1, 0.15) is 5.56 Å². The topological polar surface area (TPSA) is 60.7 Å². The molecule has 3 aromatic rings. The van der Waals surface area contributed by atoms with E-state index in [4.69, 9.17) is 5.26 Å². The van der Waals surface area contributed by atoms with Gasteiger partial charge in [-0.25, -0.2) is 4.98 Å². The lowest BCUT2D eigenvalue weighted by Gasteiger charge is -2.10. The minimum atomic E-state index is 0.569. The number of anilines is 2. The summed E-state index contributed by atoms with van der Waals surface area (Å²) in [5.74, 6) is 0.777. The molecule has 0 radical (unpaired) electrons. The van der Waals surface area contributed by atoms with Crippen LogP contribution in [0.15, 0.2) is 60.8 Å². The Kier molecular flexibility index (Phi) is 4.17. The number of hydrogen-bond acceptors (Lipinski definition) is 4. The van der Waals surface area contributed by atoms with Crippen LogP contribution >= 0.6 is 0 Å². The molecule has 1 heterocycles. The van der Waals surface area contributed by atoms with Crippen molar-refractivity contribution in [1.82, 2.24) is 4.98 Å². The average molecular weight is 288 g/mol. The molecule has 0 amide bonds. The van der Waals surface area contributed by atoms with Gasteiger partial charge in [0.05, 0.1) is 5.56 Å². The van der Waals surface area contributed by atoms with Crippen LogP contribution in [0, 0.1) is 11.3 Å². The summed E-state index contributed by atoms with van der Waals surface area (Å²) in [7, 11) is 0. The third-order valence-corrected chi connectivity index (χ3v) is 3.43. The normalized spacial score (nSPS) is 10.1. The molecule has 0 saturated heterocycles. The number of nitrogens with one attached hydrogen (secondary N) is 2. The van der Waals surface area contributed by atoms with Crippen molar-refractivity contribution < 1.29 is 0 Å². The van der Waals surface area contributed by atoms with Crippen LogP contribution in [0.5, 0.6) is 0 Å². The van der Waals surface area contributed by atoms with E-state index >= 15 is 0 Å². The molecule has 0 spiro atoms. The summed E-state index contributed by atoms with van der Waals surface area (Å²) in [6.45, 7) is 1.54. The second-order valence-electron chi connectivity index (χ2n) is 4.92. The maximum absolute atomic E-state index is 8.73. The Morgan fingerprint density at radius 3 is 2.55 bits per heavy atom. The van der Waals surface area contributed by atoms with Crippen LogP contribution in [-0.4, -0.2) is 18.1 Å². The molecular weight excluding hydrogens is 272 g/mol. The Balaban J connectivity index is 1.57. The van der Waals surface area contributed by atoms with Crippen molar-refractivity contribution in [2.45, 2.75) is 0 Å². The molecule has 4 nitrogen and oxygen atoms in total. The zero-order valence-corrected chi connectivity index (χ0v) is 12.1. The fourth-order valence-electron chi connectivity index (χ4n) is 2.33. The first kappa shape index (κ1) is 13.9. The molecule has 0 fully saturated rings. The van der Waals surface area contributed by atoms with Gasteiger partial charge in [-0.15, -0.1) is 0 Å². The predicted molar refractivity (Wildman–Crippen MR) is 89.9 cm³/mol. The maximum atomic E-state index is 8.73. The Morgan fingerprint density at radius 1 is 0.909 bits per heavy atom. The van der Waals surface area contributed by atoms with Crippen molar-refractivity contribution in [3.63, 3.8) is 0 Å². The summed E-state index contributed by atoms with van der Waals surface area (Å²) in [6.07, 6.45) is 1.57. The van der Waals surface area contributed by atoms with E-state index in [2.05, 4.69) is 52.0 Å². The molecule has 22 heavy (non-hydrogen) atoms. The number of benzene rings is 2. The van der Waals surface area contributed by atoms with Crippen LogP contribution < -0.4 is 10.6 Å². The summed E-state index contributed by atoms with van der Waals surface area (Å²) in [4.78, 5) is 4.18. The molecule has 0 bridgehead atoms. The van der Waals surface area contributed by atoms with E-state index < -0.39 is 0 Å². The Hall–Kier alpha value is -3.06. The first-order valence-electron chi connectivity index (χ1n) is 7.18. The van der Waals surface area contributed by atoms with Crippen molar-refractivity contribution in [2.75, 3.05) is 23.7 Å². The number of rotatable bonds is 5. The lowest BCUT2D eigenvalue weighted by Crippen LogP contribution is -2.14. The van der Waals surface area contributed by atoms with Gasteiger partial charge in [-0.1, -0.05) is 36.4 Å². The molecule has 0 unspecified atom stereocenters. The van der Waals surface area contributed by atoms with Crippen molar-refractivity contribution in [3.05, 3.63) is 66.4 Å². The van der Waals surface area contributed by atoms with Gasteiger partial charge < -0.3 is 10.6 Å². The van der Waals surface area contributed by atoms with Crippen LogP contribution in [0.3, 0.4) is 0 Å². The second-order valence-corrected chi connectivity index (χ2v) is 4.92. The highest BCUT2D eigenvalue weighted by Crippen LogP contribution is 2.22. The molecule has 1 aromatic heterocycles. The molecular formula is C18H16N4. The van der Waals surface area contributed by atoms with Gasteiger partial charge in [0.2, 0.25) is 0 Å². The minimum Gasteiger partial charge on any atom is -0.383 e. The van der Waals surface area contributed by atoms with Gasteiger partial charge in [0.15, 0.2) is 0 Å². The van der Waals surface area contributed by atoms with Gasteiger partial charge in [0.25, 0.3) is 0 Å². The number of fused-ring (bicyclic) bond motifs is 1. The lowest BCUT2D eigenvalue weighted by atomic mass is 10.1. The van der Waals surface area contributed by atoms with Gasteiger partial charge in [-0.2, -0.15) is 5.26 Å². The first-order chi connectivity index (χ1) is 10.9. The van der Waals surface area contributed by atoms with Crippen molar-refractivity contribution in [3.8, 4) is 6.07 Å². The highest BCUT2D eigenvalue weighted by molar-refractivity contribution is 5.93. The van der Waals surface area contributed by atoms with Crippen LogP contribution in [0.25, 0.3) is 10.8 Å². The van der Waals surface area contributed by atoms with Gasteiger partial charge in [-0.05, 0) is 23.6 Å². The first-order valence-corrected chi connectivity index (χ1v) is 7.18. The van der Waals surface area contributed by atoms with E-state index in [-0.39, 0.29) is 0 Å². The zero-order valence-electron chi connectivity index (χ0n) is 12.1. The molecule has 0 saturated carbocycles. The van der Waals surface area contributed by atoms with E-state index in [9.17, 15) is 0 Å². The summed E-state index contributed by atoms with van der Waals surface area (Å²) in [5.41, 5.74) is 1.70. The molecule has 2 N–H and O–H groups in total. The predicted octanol–water partition coefficient (Wildman–Crippen LogP) is 3.63. The SMILES string of the molecule is N#Cc1ccc(NCCNc2cccc3ccccc23)nc1. The lowest BCUT2D eigenvalue weighted by molar-refractivity contribution is 1.06. The van der Waals surface area contributed by atoms with Gasteiger partial charge >= 0.3 is 0 Å². The Morgan fingerprint density at radius 2 is 1.73 bits per heavy atom. The molecule has 4 heteroatoms. The standard InChI is InChI=1S/C18H16N4/c19-12-14-8-9-18(22-13-14)21-11-10-20-17-7-3-5-15-4-1-2-6-16(15)17/h1-9,13,20H,10-11H2,(H,21,22). The number of hydrogen-bond donors (Lipinski definition) is 2. The molecule has 0 aliphatic heterocycles. The fourth-order valence-corrected chi connectivity index (χ4v) is 2.33. The number of aromatic nitrogens is 1. The summed E-state index contributed by atoms with van der Waals surface area (Å²) < 4.78 is 0. The third kappa shape index (κ3) is 3.15. The number of nitrogens with zero attached hydrogens (tertiary/aromatic N) is 2. The molecule has 0 atom stereocenters. The zero-order chi connectivity index (χ0) is 15.2. The van der Waals surface area contributed by atoms with Crippen molar-refractivity contribution in [2.24, 2.45) is 0 Å². The highest BCUT2D eigenvalue weighted by atomic mass is 15.0. The quantitative estimate of drug-likeness (QED) is 0.704. The van der Waals surface area contributed by atoms with E-state index in [0.717, 1.165) is 24.6 Å². The largest absolute Gasteiger partial charge is 0.383 e. The van der Waals surface area contributed by atoms with E-state index in [1.54, 1.807) is 12.3 Å².